The van der Waals surface area contributed by atoms with E-state index in [-0.39, 0.29) is 32.2 Å². The summed E-state index contributed by atoms with van der Waals surface area (Å²) in [6.07, 6.45) is 4.12. The van der Waals surface area contributed by atoms with Gasteiger partial charge in [0.05, 0.1) is 38.0 Å². The van der Waals surface area contributed by atoms with Crippen molar-refractivity contribution in [3.8, 4) is 0 Å². The average molecular weight is 1090 g/mol. The molecule has 1 aromatic heterocycles. The number of carboxylic acids is 1. The molecular formula is C44H76N16O14S. The summed E-state index contributed by atoms with van der Waals surface area (Å²) < 4.78 is 0. The molecule has 0 spiro atoms. The highest BCUT2D eigenvalue weighted by atomic mass is 32.2. The van der Waals surface area contributed by atoms with Crippen LogP contribution in [0.2, 0.25) is 0 Å². The SMILES string of the molecule is CSCC[C@H](NC(=O)[C@H](Cc1cnc[nH]1)NC(=O)[C@H](CCCCN)NC(=O)CNC(=O)[C@H](CC(N)=O)NC(=O)[C@@H](NC(=O)[C@@H](N)CCCCN)[C@@H](C)O)C(=O)N[C@@H](C)C(=O)NCC(=O)N[C@@H](C)C(=O)N[C@@H](C)C(=O)O. The molecule has 0 unspecified atom stereocenters. The summed E-state index contributed by atoms with van der Waals surface area (Å²) >= 11 is 1.34. The molecule has 30 nitrogen and oxygen atoms in total. The summed E-state index contributed by atoms with van der Waals surface area (Å²) in [5.74, 6) is -10.7. The number of imidazole rings is 1. The lowest BCUT2D eigenvalue weighted by Gasteiger charge is -2.26. The van der Waals surface area contributed by atoms with Gasteiger partial charge in [0.1, 0.15) is 48.3 Å². The molecule has 0 aliphatic carbocycles. The number of aromatic amines is 1. The molecule has 0 aliphatic rings. The summed E-state index contributed by atoms with van der Waals surface area (Å²) in [4.78, 5) is 161. The summed E-state index contributed by atoms with van der Waals surface area (Å²) in [6.45, 7) is 4.22. The largest absolute Gasteiger partial charge is 0.480 e. The number of nitrogens with zero attached hydrogens (tertiary/aromatic N) is 1. The van der Waals surface area contributed by atoms with Crippen molar-refractivity contribution in [1.29, 1.82) is 0 Å². The Morgan fingerprint density at radius 2 is 1.12 bits per heavy atom. The van der Waals surface area contributed by atoms with Crippen LogP contribution in [0.15, 0.2) is 12.5 Å². The van der Waals surface area contributed by atoms with Gasteiger partial charge in [-0.15, -0.1) is 0 Å². The number of carbonyl (C=O) groups is 12. The fourth-order valence-corrected chi connectivity index (χ4v) is 7.08. The Kier molecular flexibility index (Phi) is 31.1. The number of nitrogens with one attached hydrogen (secondary N) is 11. The van der Waals surface area contributed by atoms with E-state index in [9.17, 15) is 62.6 Å². The van der Waals surface area contributed by atoms with E-state index in [1.807, 2.05) is 0 Å². The Morgan fingerprint density at radius 3 is 1.68 bits per heavy atom. The summed E-state index contributed by atoms with van der Waals surface area (Å²) in [6, 6.07) is -12.0. The summed E-state index contributed by atoms with van der Waals surface area (Å²) in [5, 5.41) is 43.1. The fourth-order valence-electron chi connectivity index (χ4n) is 6.61. The third-order valence-corrected chi connectivity index (χ3v) is 11.6. The third-order valence-electron chi connectivity index (χ3n) is 11.0. The van der Waals surface area contributed by atoms with E-state index in [1.54, 1.807) is 6.26 Å². The van der Waals surface area contributed by atoms with Crippen molar-refractivity contribution < 1.29 is 67.7 Å². The van der Waals surface area contributed by atoms with Gasteiger partial charge in [0.25, 0.3) is 0 Å². The number of H-pyrrole nitrogens is 1. The maximum Gasteiger partial charge on any atom is 0.325 e. The molecule has 0 radical (unpaired) electrons. The van der Waals surface area contributed by atoms with Crippen LogP contribution in [0.5, 0.6) is 0 Å². The number of aliphatic hydroxyl groups is 1. The van der Waals surface area contributed by atoms with Gasteiger partial charge in [-0.1, -0.05) is 6.42 Å². The number of amides is 11. The van der Waals surface area contributed by atoms with Gasteiger partial charge in [-0.05, 0) is 91.3 Å². The van der Waals surface area contributed by atoms with Crippen molar-refractivity contribution in [3.05, 3.63) is 18.2 Å². The molecule has 75 heavy (non-hydrogen) atoms. The van der Waals surface area contributed by atoms with E-state index in [1.165, 1.54) is 52.0 Å². The van der Waals surface area contributed by atoms with Crippen LogP contribution in [0.1, 0.15) is 84.8 Å². The number of nitrogens with two attached hydrogens (primary N) is 4. The van der Waals surface area contributed by atoms with Gasteiger partial charge in [-0.25, -0.2) is 4.98 Å². The zero-order valence-corrected chi connectivity index (χ0v) is 43.6. The number of thioether (sulfide) groups is 1. The number of hydrogen-bond donors (Lipinski definition) is 17. The number of aliphatic carboxylic acids is 1. The van der Waals surface area contributed by atoms with Gasteiger partial charge in [0, 0.05) is 18.3 Å². The first-order chi connectivity index (χ1) is 35.3. The maximum absolute atomic E-state index is 14.0. The lowest BCUT2D eigenvalue weighted by atomic mass is 10.1. The normalized spacial score (nSPS) is 14.9. The Morgan fingerprint density at radius 1 is 0.600 bits per heavy atom. The molecule has 0 aromatic carbocycles. The molecule has 0 aliphatic heterocycles. The Balaban J connectivity index is 3.17. The van der Waals surface area contributed by atoms with Crippen LogP contribution in [0.4, 0.5) is 0 Å². The summed E-state index contributed by atoms with van der Waals surface area (Å²) in [7, 11) is 0. The minimum absolute atomic E-state index is 0.00853. The number of unbranched alkanes of at least 4 members (excludes halogenated alkanes) is 2. The molecule has 10 atom stereocenters. The van der Waals surface area contributed by atoms with Gasteiger partial charge in [-0.2, -0.15) is 11.8 Å². The molecule has 0 saturated carbocycles. The fraction of sp³-hybridized carbons (Fsp3) is 0.659. The maximum atomic E-state index is 14.0. The first-order valence-electron chi connectivity index (χ1n) is 24.1. The van der Waals surface area contributed by atoms with Crippen LogP contribution < -0.4 is 76.1 Å². The number of carboxylic acid groups (broad SMARTS) is 1. The Labute approximate surface area is 437 Å². The van der Waals surface area contributed by atoms with E-state index < -0.39 is 151 Å². The van der Waals surface area contributed by atoms with E-state index >= 15 is 0 Å². The molecule has 1 heterocycles. The van der Waals surface area contributed by atoms with Gasteiger partial charge in [0.2, 0.25) is 65.0 Å². The van der Waals surface area contributed by atoms with Crippen molar-refractivity contribution in [2.24, 2.45) is 22.9 Å². The summed E-state index contributed by atoms with van der Waals surface area (Å²) in [5.41, 5.74) is 22.8. The van der Waals surface area contributed by atoms with Crippen molar-refractivity contribution >= 4 is 82.7 Å². The number of rotatable bonds is 37. The van der Waals surface area contributed by atoms with Crippen molar-refractivity contribution in [2.75, 3.05) is 38.2 Å². The van der Waals surface area contributed by atoms with Crippen LogP contribution in [0, 0.1) is 0 Å². The molecule has 0 fully saturated rings. The topological polar surface area (TPSA) is 498 Å². The number of hydrogen-bond acceptors (Lipinski definition) is 18. The lowest BCUT2D eigenvalue weighted by Crippen LogP contribution is -2.60. The standard InChI is InChI=1S/C44H76N16O14S/c1-22(36(65)50-19-33(63)53-23(2)37(66)55-24(3)44(73)74)54-40(69)29(12-15-75-5)57-42(71)30(16-26-18-49-21-52-26)58-41(70)28(11-7-9-14-46)56-34(64)20-51-39(68)31(17-32(48)62)59-43(72)35(25(4)61)60-38(67)27(47)10-6-8-13-45/h18,21-25,27-31,35,61H,6-17,19-20,45-47H2,1-5H3,(H2,48,62)(H,49,52)(H,50,65)(H,51,68)(H,53,63)(H,54,69)(H,55,66)(H,56,64)(H,57,71)(H,58,70)(H,59,72)(H,60,67)(H,73,74)/t22-,23-,24-,25+,27-,28-,29-,30-,31-,35-/m0/s1. The van der Waals surface area contributed by atoms with Gasteiger partial charge in [0.15, 0.2) is 0 Å². The first-order valence-corrected chi connectivity index (χ1v) is 25.5. The minimum atomic E-state index is -1.69. The molecular weight excluding hydrogens is 1010 g/mol. The smallest absolute Gasteiger partial charge is 0.325 e. The molecule has 31 heteroatoms. The second-order valence-electron chi connectivity index (χ2n) is 17.5. The van der Waals surface area contributed by atoms with Crippen molar-refractivity contribution in [2.45, 2.75) is 146 Å². The van der Waals surface area contributed by atoms with Crippen LogP contribution in [-0.2, 0) is 64.0 Å². The van der Waals surface area contributed by atoms with Gasteiger partial charge < -0.3 is 91.3 Å². The van der Waals surface area contributed by atoms with E-state index in [0.29, 0.717) is 43.7 Å². The molecule has 1 aromatic rings. The van der Waals surface area contributed by atoms with Crippen LogP contribution in [0.3, 0.4) is 0 Å². The molecule has 11 amide bonds. The zero-order valence-electron chi connectivity index (χ0n) is 42.8. The molecule has 1 rings (SSSR count). The van der Waals surface area contributed by atoms with Gasteiger partial charge in [-0.3, -0.25) is 57.5 Å². The average Bonchev–Trinajstić information content (AvgIpc) is 3.87. The Hall–Kier alpha value is -6.96. The van der Waals surface area contributed by atoms with Crippen LogP contribution >= 0.6 is 11.8 Å². The molecule has 422 valence electrons. The number of carbonyl (C=O) groups excluding carboxylic acids is 11. The Bertz CT molecular complexity index is 2080. The molecule has 21 N–H and O–H groups in total. The van der Waals surface area contributed by atoms with Crippen LogP contribution in [0.25, 0.3) is 0 Å². The van der Waals surface area contributed by atoms with Gasteiger partial charge >= 0.3 is 5.97 Å². The molecule has 0 saturated heterocycles. The molecule has 0 bridgehead atoms. The highest BCUT2D eigenvalue weighted by Crippen LogP contribution is 2.08. The first kappa shape index (κ1) is 66.1. The number of aromatic nitrogens is 2. The predicted octanol–water partition coefficient (Wildman–Crippen LogP) is -7.20. The number of primary amides is 1. The van der Waals surface area contributed by atoms with Crippen molar-refractivity contribution in [1.82, 2.24) is 63.1 Å². The lowest BCUT2D eigenvalue weighted by molar-refractivity contribution is -0.141. The predicted molar refractivity (Wildman–Crippen MR) is 271 cm³/mol. The van der Waals surface area contributed by atoms with E-state index in [2.05, 4.69) is 63.1 Å². The van der Waals surface area contributed by atoms with Crippen LogP contribution in [-0.4, -0.2) is 190 Å². The second kappa shape index (κ2) is 35.3. The minimum Gasteiger partial charge on any atom is -0.480 e. The van der Waals surface area contributed by atoms with E-state index in [4.69, 9.17) is 28.0 Å². The number of aliphatic hydroxyl groups excluding tert-OH is 1. The highest BCUT2D eigenvalue weighted by Gasteiger charge is 2.34. The monoisotopic (exact) mass is 1080 g/mol. The second-order valence-corrected chi connectivity index (χ2v) is 18.4. The quantitative estimate of drug-likeness (QED) is 0.0275. The third kappa shape index (κ3) is 26.2. The highest BCUT2D eigenvalue weighted by molar-refractivity contribution is 7.98. The van der Waals surface area contributed by atoms with Crippen molar-refractivity contribution in [3.63, 3.8) is 0 Å². The zero-order chi connectivity index (χ0) is 56.8. The van der Waals surface area contributed by atoms with E-state index in [0.717, 1.165) is 0 Å².